The van der Waals surface area contributed by atoms with Crippen molar-refractivity contribution in [2.75, 3.05) is 6.61 Å². The summed E-state index contributed by atoms with van der Waals surface area (Å²) in [7, 11) is 0. The van der Waals surface area contributed by atoms with Crippen LogP contribution in [-0.2, 0) is 11.3 Å². The first kappa shape index (κ1) is 14.4. The molecule has 1 aliphatic rings. The summed E-state index contributed by atoms with van der Waals surface area (Å²) < 4.78 is 5.40. The van der Waals surface area contributed by atoms with E-state index in [1.54, 1.807) is 0 Å². The normalized spacial score (nSPS) is 21.9. The molecule has 108 valence electrons. The fourth-order valence-electron chi connectivity index (χ4n) is 2.23. The van der Waals surface area contributed by atoms with Crippen LogP contribution in [0.25, 0.3) is 0 Å². The van der Waals surface area contributed by atoms with E-state index in [2.05, 4.69) is 5.32 Å². The van der Waals surface area contributed by atoms with Gasteiger partial charge in [-0.1, -0.05) is 0 Å². The van der Waals surface area contributed by atoms with Gasteiger partial charge in [-0.3, -0.25) is 20.2 Å². The fraction of sp³-hybridized carbons (Fsp3) is 0.500. The molecule has 0 saturated carbocycles. The fourth-order valence-corrected chi connectivity index (χ4v) is 2.23. The van der Waals surface area contributed by atoms with Crippen molar-refractivity contribution in [2.24, 2.45) is 0 Å². The van der Waals surface area contributed by atoms with Crippen LogP contribution in [0.5, 0.6) is 0 Å². The molecule has 1 N–H and O–H groups in total. The molecule has 1 aliphatic heterocycles. The minimum atomic E-state index is -0.642. The molecule has 0 spiro atoms. The second-order valence-electron chi connectivity index (χ2n) is 4.68. The SMILES string of the molecule is CC1OCCC1NCc1ccc([N+](=O)[O-])cc1[N+](=O)[O-]. The Morgan fingerprint density at radius 2 is 2.10 bits per heavy atom. The van der Waals surface area contributed by atoms with E-state index in [-0.39, 0.29) is 30.1 Å². The third-order valence-electron chi connectivity index (χ3n) is 3.41. The Kier molecular flexibility index (Phi) is 4.26. The van der Waals surface area contributed by atoms with Crippen molar-refractivity contribution < 1.29 is 14.6 Å². The second-order valence-corrected chi connectivity index (χ2v) is 4.68. The van der Waals surface area contributed by atoms with Gasteiger partial charge in [0.25, 0.3) is 11.4 Å². The zero-order valence-corrected chi connectivity index (χ0v) is 10.9. The van der Waals surface area contributed by atoms with Gasteiger partial charge in [-0.05, 0) is 19.4 Å². The molecule has 1 saturated heterocycles. The van der Waals surface area contributed by atoms with Gasteiger partial charge in [-0.15, -0.1) is 0 Å². The molecule has 0 aliphatic carbocycles. The van der Waals surface area contributed by atoms with Crippen LogP contribution in [0.2, 0.25) is 0 Å². The second kappa shape index (κ2) is 5.93. The molecule has 8 heteroatoms. The van der Waals surface area contributed by atoms with Crippen LogP contribution < -0.4 is 5.32 Å². The quantitative estimate of drug-likeness (QED) is 0.651. The minimum absolute atomic E-state index is 0.0621. The number of hydrogen-bond donors (Lipinski definition) is 1. The predicted molar refractivity (Wildman–Crippen MR) is 70.4 cm³/mol. The standard InChI is InChI=1S/C12H15N3O5/c1-8-11(4-5-20-8)13-7-9-2-3-10(14(16)17)6-12(9)15(18)19/h2-3,6,8,11,13H,4-5,7H2,1H3. The van der Waals surface area contributed by atoms with E-state index in [4.69, 9.17) is 4.74 Å². The summed E-state index contributed by atoms with van der Waals surface area (Å²) in [6.07, 6.45) is 0.911. The number of rotatable bonds is 5. The maximum absolute atomic E-state index is 11.0. The molecular formula is C12H15N3O5. The topological polar surface area (TPSA) is 108 Å². The van der Waals surface area contributed by atoms with Crippen molar-refractivity contribution in [3.8, 4) is 0 Å². The summed E-state index contributed by atoms with van der Waals surface area (Å²) in [5, 5.41) is 24.8. The van der Waals surface area contributed by atoms with Crippen molar-refractivity contribution in [3.63, 3.8) is 0 Å². The monoisotopic (exact) mass is 281 g/mol. The third-order valence-corrected chi connectivity index (χ3v) is 3.41. The van der Waals surface area contributed by atoms with Crippen molar-refractivity contribution in [1.29, 1.82) is 0 Å². The summed E-state index contributed by atoms with van der Waals surface area (Å²) in [4.78, 5) is 20.4. The van der Waals surface area contributed by atoms with E-state index in [0.717, 1.165) is 12.5 Å². The van der Waals surface area contributed by atoms with Crippen molar-refractivity contribution in [2.45, 2.75) is 32.0 Å². The summed E-state index contributed by atoms with van der Waals surface area (Å²) in [6.45, 7) is 2.89. The summed E-state index contributed by atoms with van der Waals surface area (Å²) in [5.41, 5.74) is -0.0870. The van der Waals surface area contributed by atoms with Crippen LogP contribution in [0.3, 0.4) is 0 Å². The van der Waals surface area contributed by atoms with E-state index in [1.807, 2.05) is 6.92 Å². The van der Waals surface area contributed by atoms with Crippen molar-refractivity contribution >= 4 is 11.4 Å². The van der Waals surface area contributed by atoms with E-state index in [1.165, 1.54) is 12.1 Å². The van der Waals surface area contributed by atoms with Gasteiger partial charge >= 0.3 is 0 Å². The Bertz CT molecular complexity index is 534. The highest BCUT2D eigenvalue weighted by Gasteiger charge is 2.25. The van der Waals surface area contributed by atoms with Crippen LogP contribution >= 0.6 is 0 Å². The van der Waals surface area contributed by atoms with Gasteiger partial charge in [0.15, 0.2) is 0 Å². The van der Waals surface area contributed by atoms with Gasteiger partial charge in [0.1, 0.15) is 0 Å². The summed E-state index contributed by atoms with van der Waals surface area (Å²) in [5.74, 6) is 0. The molecule has 1 aromatic rings. The Morgan fingerprint density at radius 1 is 1.35 bits per heavy atom. The maximum Gasteiger partial charge on any atom is 0.280 e. The first-order valence-corrected chi connectivity index (χ1v) is 6.25. The van der Waals surface area contributed by atoms with E-state index in [0.29, 0.717) is 12.2 Å². The number of nitrogens with one attached hydrogen (secondary N) is 1. The number of non-ortho nitro benzene ring substituents is 1. The molecule has 8 nitrogen and oxygen atoms in total. The van der Waals surface area contributed by atoms with Crippen LogP contribution in [0.4, 0.5) is 11.4 Å². The largest absolute Gasteiger partial charge is 0.377 e. The van der Waals surface area contributed by atoms with E-state index >= 15 is 0 Å². The molecule has 1 fully saturated rings. The molecule has 0 aromatic heterocycles. The highest BCUT2D eigenvalue weighted by molar-refractivity contribution is 5.49. The van der Waals surface area contributed by atoms with Gasteiger partial charge in [0, 0.05) is 30.8 Å². The predicted octanol–water partition coefficient (Wildman–Crippen LogP) is 1.77. The number of nitro groups is 2. The molecule has 0 amide bonds. The number of hydrogen-bond acceptors (Lipinski definition) is 6. The maximum atomic E-state index is 11.0. The van der Waals surface area contributed by atoms with Crippen molar-refractivity contribution in [3.05, 3.63) is 44.0 Å². The molecular weight excluding hydrogens is 266 g/mol. The number of nitro benzene ring substituents is 2. The van der Waals surface area contributed by atoms with Gasteiger partial charge in [0.2, 0.25) is 0 Å². The zero-order chi connectivity index (χ0) is 14.7. The molecule has 2 rings (SSSR count). The zero-order valence-electron chi connectivity index (χ0n) is 10.9. The number of benzene rings is 1. The van der Waals surface area contributed by atoms with Gasteiger partial charge in [-0.25, -0.2) is 0 Å². The molecule has 1 heterocycles. The molecule has 0 radical (unpaired) electrons. The Hall–Kier alpha value is -2.06. The first-order chi connectivity index (χ1) is 9.49. The molecule has 2 unspecified atom stereocenters. The lowest BCUT2D eigenvalue weighted by Gasteiger charge is -2.15. The average molecular weight is 281 g/mol. The van der Waals surface area contributed by atoms with Gasteiger partial charge in [0.05, 0.1) is 22.0 Å². The molecule has 2 atom stereocenters. The number of nitrogens with zero attached hydrogens (tertiary/aromatic N) is 2. The average Bonchev–Trinajstić information content (AvgIpc) is 2.81. The lowest BCUT2D eigenvalue weighted by Crippen LogP contribution is -2.34. The highest BCUT2D eigenvalue weighted by atomic mass is 16.6. The van der Waals surface area contributed by atoms with Crippen molar-refractivity contribution in [1.82, 2.24) is 5.32 Å². The van der Waals surface area contributed by atoms with Crippen LogP contribution in [0.15, 0.2) is 18.2 Å². The summed E-state index contributed by atoms with van der Waals surface area (Å²) >= 11 is 0. The van der Waals surface area contributed by atoms with Gasteiger partial charge in [-0.2, -0.15) is 0 Å². The third kappa shape index (κ3) is 3.09. The Morgan fingerprint density at radius 3 is 2.65 bits per heavy atom. The number of ether oxygens (including phenoxy) is 1. The van der Waals surface area contributed by atoms with E-state index in [9.17, 15) is 20.2 Å². The lowest BCUT2D eigenvalue weighted by molar-refractivity contribution is -0.394. The minimum Gasteiger partial charge on any atom is -0.377 e. The summed E-state index contributed by atoms with van der Waals surface area (Å²) in [6, 6.07) is 3.83. The Balaban J connectivity index is 2.14. The first-order valence-electron chi connectivity index (χ1n) is 6.25. The van der Waals surface area contributed by atoms with Crippen LogP contribution in [-0.4, -0.2) is 28.6 Å². The lowest BCUT2D eigenvalue weighted by atomic mass is 10.1. The molecule has 1 aromatic carbocycles. The van der Waals surface area contributed by atoms with Crippen LogP contribution in [0.1, 0.15) is 18.9 Å². The Labute approximate surface area is 115 Å². The smallest absolute Gasteiger partial charge is 0.280 e. The van der Waals surface area contributed by atoms with Gasteiger partial charge < -0.3 is 10.1 Å². The highest BCUT2D eigenvalue weighted by Crippen LogP contribution is 2.25. The van der Waals surface area contributed by atoms with E-state index < -0.39 is 9.85 Å². The van der Waals surface area contributed by atoms with Crippen LogP contribution in [0, 0.1) is 20.2 Å². The molecule has 0 bridgehead atoms. The molecule has 20 heavy (non-hydrogen) atoms.